The Morgan fingerprint density at radius 1 is 1.07 bits per heavy atom. The Hall–Kier alpha value is -3.30. The van der Waals surface area contributed by atoms with Gasteiger partial charge in [0, 0.05) is 13.1 Å². The molecule has 1 aromatic rings. The molecule has 0 radical (unpaired) electrons. The molecule has 3 amide bonds. The van der Waals surface area contributed by atoms with Crippen molar-refractivity contribution in [1.29, 1.82) is 0 Å². The Morgan fingerprint density at radius 3 is 2.30 bits per heavy atom. The van der Waals surface area contributed by atoms with E-state index < -0.39 is 41.6 Å². The maximum atomic E-state index is 14.2. The van der Waals surface area contributed by atoms with Crippen molar-refractivity contribution in [2.75, 3.05) is 19.7 Å². The Morgan fingerprint density at radius 2 is 1.75 bits per heavy atom. The summed E-state index contributed by atoms with van der Waals surface area (Å²) in [5, 5.41) is 15.6. The first kappa shape index (κ1) is 34.7. The zero-order chi connectivity index (χ0) is 30.5. The van der Waals surface area contributed by atoms with Crippen molar-refractivity contribution >= 4 is 23.9 Å². The van der Waals surface area contributed by atoms with Crippen LogP contribution in [0.4, 0.5) is 4.79 Å². The molecule has 2 unspecified atom stereocenters. The highest BCUT2D eigenvalue weighted by Gasteiger charge is 2.36. The van der Waals surface area contributed by atoms with Crippen molar-refractivity contribution in [2.24, 2.45) is 5.92 Å². The third-order valence-electron chi connectivity index (χ3n) is 6.01. The fraction of sp³-hybridized carbons (Fsp3) is 0.667. The molecular formula is C30H49N3O7. The van der Waals surface area contributed by atoms with E-state index in [1.54, 1.807) is 46.8 Å². The lowest BCUT2D eigenvalue weighted by Crippen LogP contribution is -2.53. The van der Waals surface area contributed by atoms with E-state index in [0.29, 0.717) is 24.0 Å². The maximum absolute atomic E-state index is 14.2. The highest BCUT2D eigenvalue weighted by Crippen LogP contribution is 2.28. The van der Waals surface area contributed by atoms with E-state index in [-0.39, 0.29) is 37.8 Å². The molecule has 0 aromatic heterocycles. The minimum Gasteiger partial charge on any atom is -0.508 e. The lowest BCUT2D eigenvalue weighted by atomic mass is 9.97. The van der Waals surface area contributed by atoms with Gasteiger partial charge in [0.1, 0.15) is 23.4 Å². The van der Waals surface area contributed by atoms with Crippen molar-refractivity contribution in [1.82, 2.24) is 15.5 Å². The van der Waals surface area contributed by atoms with E-state index in [1.807, 2.05) is 20.8 Å². The Balaban J connectivity index is 3.48. The summed E-state index contributed by atoms with van der Waals surface area (Å²) in [7, 11) is 0. The van der Waals surface area contributed by atoms with Crippen LogP contribution < -0.4 is 10.6 Å². The van der Waals surface area contributed by atoms with Crippen LogP contribution in [-0.2, 0) is 23.9 Å². The number of benzene rings is 1. The summed E-state index contributed by atoms with van der Waals surface area (Å²) in [6.45, 7) is 15.1. The van der Waals surface area contributed by atoms with Gasteiger partial charge in [-0.05, 0) is 76.6 Å². The molecule has 0 heterocycles. The van der Waals surface area contributed by atoms with Gasteiger partial charge in [-0.3, -0.25) is 14.4 Å². The van der Waals surface area contributed by atoms with E-state index in [4.69, 9.17) is 9.47 Å². The van der Waals surface area contributed by atoms with Crippen molar-refractivity contribution in [3.05, 3.63) is 29.3 Å². The maximum Gasteiger partial charge on any atom is 0.408 e. The Kier molecular flexibility index (Phi) is 14.5. The van der Waals surface area contributed by atoms with Gasteiger partial charge in [0.05, 0.1) is 13.0 Å². The van der Waals surface area contributed by atoms with Gasteiger partial charge in [0.2, 0.25) is 11.8 Å². The molecule has 0 bridgehead atoms. The van der Waals surface area contributed by atoms with Gasteiger partial charge in [0.15, 0.2) is 0 Å². The average molecular weight is 564 g/mol. The number of phenols is 1. The van der Waals surface area contributed by atoms with Gasteiger partial charge >= 0.3 is 12.1 Å². The number of ether oxygens (including phenoxy) is 2. The molecule has 0 saturated carbocycles. The smallest absolute Gasteiger partial charge is 0.408 e. The molecule has 10 heteroatoms. The summed E-state index contributed by atoms with van der Waals surface area (Å²) in [5.41, 5.74) is 0.309. The monoisotopic (exact) mass is 563 g/mol. The Labute approximate surface area is 239 Å². The predicted octanol–water partition coefficient (Wildman–Crippen LogP) is 4.77. The number of hydrogen-bond acceptors (Lipinski definition) is 7. The number of hydrogen-bond donors (Lipinski definition) is 3. The van der Waals surface area contributed by atoms with Crippen molar-refractivity contribution in [3.63, 3.8) is 0 Å². The molecule has 0 aliphatic rings. The standard InChI is InChI=1S/C30H49N3O7/c1-9-11-12-17-33(28(37)23(18-20(3)4)32-29(38)40-30(6,7)8)26(22-13-14-24(34)21(5)19-22)27(36)31-16-15-25(35)39-10-2/h13-14,19-20,23,26,34H,9-12,15-18H2,1-8H3,(H,31,36)(H,32,38). The summed E-state index contributed by atoms with van der Waals surface area (Å²) in [4.78, 5) is 53.9. The molecule has 0 aliphatic heterocycles. The van der Waals surface area contributed by atoms with Gasteiger partial charge in [0.25, 0.3) is 0 Å². The van der Waals surface area contributed by atoms with Crippen LogP contribution in [0.3, 0.4) is 0 Å². The molecular weight excluding hydrogens is 514 g/mol. The Bertz CT molecular complexity index is 988. The van der Waals surface area contributed by atoms with Crippen LogP contribution in [-0.4, -0.2) is 65.2 Å². The van der Waals surface area contributed by atoms with E-state index in [1.165, 1.54) is 11.0 Å². The summed E-state index contributed by atoms with van der Waals surface area (Å²) < 4.78 is 10.4. The first-order valence-corrected chi connectivity index (χ1v) is 14.2. The number of alkyl carbamates (subject to hydrolysis) is 1. The minimum atomic E-state index is -1.05. The molecule has 40 heavy (non-hydrogen) atoms. The third-order valence-corrected chi connectivity index (χ3v) is 6.01. The van der Waals surface area contributed by atoms with Crippen molar-refractivity contribution in [3.8, 4) is 5.75 Å². The second-order valence-electron chi connectivity index (χ2n) is 11.4. The highest BCUT2D eigenvalue weighted by molar-refractivity contribution is 5.92. The van der Waals surface area contributed by atoms with Crippen molar-refractivity contribution in [2.45, 2.75) is 105 Å². The summed E-state index contributed by atoms with van der Waals surface area (Å²) in [6.07, 6.45) is 2.00. The second-order valence-corrected chi connectivity index (χ2v) is 11.4. The molecule has 226 valence electrons. The first-order valence-electron chi connectivity index (χ1n) is 14.2. The van der Waals surface area contributed by atoms with E-state index in [0.717, 1.165) is 12.8 Å². The number of nitrogens with one attached hydrogen (secondary N) is 2. The number of unbranched alkanes of at least 4 members (excludes halogenated alkanes) is 2. The number of carbonyl (C=O) groups is 4. The van der Waals surface area contributed by atoms with Gasteiger partial charge in [-0.1, -0.05) is 39.7 Å². The highest BCUT2D eigenvalue weighted by atomic mass is 16.6. The molecule has 0 spiro atoms. The summed E-state index contributed by atoms with van der Waals surface area (Å²) >= 11 is 0. The molecule has 2 atom stereocenters. The number of phenolic OH excluding ortho intramolecular Hbond substituents is 1. The van der Waals surface area contributed by atoms with Gasteiger partial charge in [-0.25, -0.2) is 4.79 Å². The number of nitrogens with zero attached hydrogens (tertiary/aromatic N) is 1. The van der Waals surface area contributed by atoms with Crippen LogP contribution in [0.15, 0.2) is 18.2 Å². The molecule has 1 aromatic carbocycles. The normalized spacial score (nSPS) is 12.8. The SMILES string of the molecule is CCCCCN(C(=O)C(CC(C)C)NC(=O)OC(C)(C)C)C(C(=O)NCCC(=O)OCC)c1ccc(O)c(C)c1. The molecule has 0 fully saturated rings. The van der Waals surface area contributed by atoms with Crippen LogP contribution in [0, 0.1) is 12.8 Å². The van der Waals surface area contributed by atoms with E-state index in [2.05, 4.69) is 10.6 Å². The van der Waals surface area contributed by atoms with Crippen LogP contribution in [0.25, 0.3) is 0 Å². The lowest BCUT2D eigenvalue weighted by molar-refractivity contribution is -0.144. The van der Waals surface area contributed by atoms with Crippen molar-refractivity contribution < 1.29 is 33.8 Å². The molecule has 3 N–H and O–H groups in total. The zero-order valence-electron chi connectivity index (χ0n) is 25.5. The fourth-order valence-corrected chi connectivity index (χ4v) is 4.18. The van der Waals surface area contributed by atoms with Gasteiger partial charge < -0.3 is 30.1 Å². The zero-order valence-corrected chi connectivity index (χ0v) is 25.5. The largest absolute Gasteiger partial charge is 0.508 e. The summed E-state index contributed by atoms with van der Waals surface area (Å²) in [5.74, 6) is -1.19. The van der Waals surface area contributed by atoms with E-state index in [9.17, 15) is 24.3 Å². The number of amides is 3. The average Bonchev–Trinajstić information content (AvgIpc) is 2.83. The van der Waals surface area contributed by atoms with Crippen LogP contribution in [0.1, 0.15) is 97.7 Å². The topological polar surface area (TPSA) is 134 Å². The molecule has 0 aliphatic carbocycles. The number of carbonyl (C=O) groups excluding carboxylic acids is 4. The van der Waals surface area contributed by atoms with Gasteiger partial charge in [-0.15, -0.1) is 0 Å². The van der Waals surface area contributed by atoms with E-state index >= 15 is 0 Å². The molecule has 0 saturated heterocycles. The third kappa shape index (κ3) is 12.3. The van der Waals surface area contributed by atoms with Gasteiger partial charge in [-0.2, -0.15) is 0 Å². The van der Waals surface area contributed by atoms with Crippen LogP contribution in [0.5, 0.6) is 5.75 Å². The predicted molar refractivity (Wildman–Crippen MR) is 154 cm³/mol. The fourth-order valence-electron chi connectivity index (χ4n) is 4.18. The first-order chi connectivity index (χ1) is 18.7. The quantitative estimate of drug-likeness (QED) is 0.207. The number of esters is 1. The molecule has 10 nitrogen and oxygen atoms in total. The lowest BCUT2D eigenvalue weighted by Gasteiger charge is -2.35. The van der Waals surface area contributed by atoms with Crippen LogP contribution in [0.2, 0.25) is 0 Å². The summed E-state index contributed by atoms with van der Waals surface area (Å²) in [6, 6.07) is 2.79. The molecule has 1 rings (SSSR count). The number of rotatable bonds is 15. The minimum absolute atomic E-state index is 0.0130. The number of aryl methyl sites for hydroxylation is 1. The second kappa shape index (κ2) is 16.7. The van der Waals surface area contributed by atoms with Crippen LogP contribution >= 0.6 is 0 Å². The number of aromatic hydroxyl groups is 1.